The average Bonchev–Trinajstić information content (AvgIpc) is 2.45. The molecule has 0 aliphatic heterocycles. The first-order valence-corrected chi connectivity index (χ1v) is 6.73. The molecule has 0 aliphatic carbocycles. The molecule has 5 nitrogen and oxygen atoms in total. The van der Waals surface area contributed by atoms with Gasteiger partial charge in [0.1, 0.15) is 12.4 Å². The van der Waals surface area contributed by atoms with Crippen LogP contribution in [0.5, 0.6) is 0 Å². The van der Waals surface area contributed by atoms with Gasteiger partial charge in [0, 0.05) is 7.11 Å². The Hall–Kier alpha value is -1.50. The monoisotopic (exact) mass is 300 g/mol. The predicted molar refractivity (Wildman–Crippen MR) is 74.9 cm³/mol. The second kappa shape index (κ2) is 10.3. The van der Waals surface area contributed by atoms with Gasteiger partial charge in [0.2, 0.25) is 0 Å². The minimum Gasteiger partial charge on any atom is -0.460 e. The van der Waals surface area contributed by atoms with Crippen molar-refractivity contribution in [2.75, 3.05) is 46.8 Å². The van der Waals surface area contributed by atoms with Crippen LogP contribution in [0.3, 0.4) is 0 Å². The average molecular weight is 300 g/mol. The Morgan fingerprint density at radius 1 is 1.05 bits per heavy atom. The molecule has 0 atom stereocenters. The standard InChI is InChI=1S/C15H21FO5/c1-12-11-13(16)3-4-14(12)15(17)21-10-9-20-8-7-19-6-5-18-2/h3-4,11H,5-10H2,1-2H3. The van der Waals surface area contributed by atoms with E-state index in [0.717, 1.165) is 0 Å². The maximum absolute atomic E-state index is 12.9. The molecule has 0 heterocycles. The highest BCUT2D eigenvalue weighted by Gasteiger charge is 2.10. The van der Waals surface area contributed by atoms with Crippen molar-refractivity contribution < 1.29 is 28.1 Å². The number of methoxy groups -OCH3 is 1. The van der Waals surface area contributed by atoms with E-state index in [1.54, 1.807) is 14.0 Å². The number of carbonyl (C=O) groups is 1. The third-order valence-electron chi connectivity index (χ3n) is 2.67. The molecule has 0 N–H and O–H groups in total. The zero-order valence-electron chi connectivity index (χ0n) is 12.4. The predicted octanol–water partition coefficient (Wildman–Crippen LogP) is 1.97. The lowest BCUT2D eigenvalue weighted by molar-refractivity contribution is 0.00567. The molecule has 118 valence electrons. The highest BCUT2D eigenvalue weighted by Crippen LogP contribution is 2.11. The molecule has 0 fully saturated rings. The van der Waals surface area contributed by atoms with Crippen LogP contribution in [0.15, 0.2) is 18.2 Å². The van der Waals surface area contributed by atoms with Crippen molar-refractivity contribution in [3.63, 3.8) is 0 Å². The van der Waals surface area contributed by atoms with Crippen LogP contribution >= 0.6 is 0 Å². The first-order valence-electron chi connectivity index (χ1n) is 6.73. The van der Waals surface area contributed by atoms with Crippen molar-refractivity contribution in [3.8, 4) is 0 Å². The van der Waals surface area contributed by atoms with Gasteiger partial charge in [-0.1, -0.05) is 0 Å². The summed E-state index contributed by atoms with van der Waals surface area (Å²) in [6, 6.07) is 3.94. The van der Waals surface area contributed by atoms with Gasteiger partial charge >= 0.3 is 5.97 Å². The zero-order valence-corrected chi connectivity index (χ0v) is 12.4. The van der Waals surface area contributed by atoms with E-state index in [1.165, 1.54) is 18.2 Å². The minimum absolute atomic E-state index is 0.147. The van der Waals surface area contributed by atoms with Crippen molar-refractivity contribution in [2.24, 2.45) is 0 Å². The number of ether oxygens (including phenoxy) is 4. The Balaban J connectivity index is 2.11. The molecule has 0 unspecified atom stereocenters. The highest BCUT2D eigenvalue weighted by atomic mass is 19.1. The molecule has 0 aliphatic rings. The molecule has 1 rings (SSSR count). The van der Waals surface area contributed by atoms with Crippen molar-refractivity contribution in [1.29, 1.82) is 0 Å². The second-order valence-corrected chi connectivity index (χ2v) is 4.31. The summed E-state index contributed by atoms with van der Waals surface area (Å²) in [5, 5.41) is 0. The molecule has 0 amide bonds. The maximum Gasteiger partial charge on any atom is 0.338 e. The summed E-state index contributed by atoms with van der Waals surface area (Å²) in [7, 11) is 1.61. The zero-order chi connectivity index (χ0) is 15.5. The Kier molecular flexibility index (Phi) is 8.57. The third-order valence-corrected chi connectivity index (χ3v) is 2.67. The van der Waals surface area contributed by atoms with Gasteiger partial charge in [-0.25, -0.2) is 9.18 Å². The van der Waals surface area contributed by atoms with Crippen molar-refractivity contribution in [2.45, 2.75) is 6.92 Å². The number of benzene rings is 1. The Labute approximate surface area is 123 Å². The van der Waals surface area contributed by atoms with Gasteiger partial charge in [-0.3, -0.25) is 0 Å². The van der Waals surface area contributed by atoms with Gasteiger partial charge < -0.3 is 18.9 Å². The SMILES string of the molecule is COCCOCCOCCOC(=O)c1ccc(F)cc1C. The van der Waals surface area contributed by atoms with Gasteiger partial charge in [0.25, 0.3) is 0 Å². The molecule has 0 saturated carbocycles. The molecule has 0 saturated heterocycles. The minimum atomic E-state index is -0.479. The van der Waals surface area contributed by atoms with E-state index in [0.29, 0.717) is 44.2 Å². The van der Waals surface area contributed by atoms with Gasteiger partial charge in [0.05, 0.1) is 38.6 Å². The maximum atomic E-state index is 12.9. The van der Waals surface area contributed by atoms with Crippen LogP contribution in [-0.4, -0.2) is 52.7 Å². The lowest BCUT2D eigenvalue weighted by Crippen LogP contribution is -2.14. The number of esters is 1. The van der Waals surface area contributed by atoms with Crippen LogP contribution in [0.2, 0.25) is 0 Å². The molecule has 1 aromatic rings. The molecule has 21 heavy (non-hydrogen) atoms. The highest BCUT2D eigenvalue weighted by molar-refractivity contribution is 5.90. The van der Waals surface area contributed by atoms with E-state index in [2.05, 4.69) is 0 Å². The summed E-state index contributed by atoms with van der Waals surface area (Å²) in [5.41, 5.74) is 0.909. The number of hydrogen-bond acceptors (Lipinski definition) is 5. The van der Waals surface area contributed by atoms with E-state index in [4.69, 9.17) is 18.9 Å². The normalized spacial score (nSPS) is 10.6. The third kappa shape index (κ3) is 7.17. The Morgan fingerprint density at radius 2 is 1.67 bits per heavy atom. The molecule has 0 aromatic heterocycles. The largest absolute Gasteiger partial charge is 0.460 e. The molecular formula is C15H21FO5. The van der Waals surface area contributed by atoms with Crippen LogP contribution in [-0.2, 0) is 18.9 Å². The van der Waals surface area contributed by atoms with E-state index in [9.17, 15) is 9.18 Å². The lowest BCUT2D eigenvalue weighted by Gasteiger charge is -2.08. The molecule has 0 bridgehead atoms. The van der Waals surface area contributed by atoms with Crippen molar-refractivity contribution in [1.82, 2.24) is 0 Å². The van der Waals surface area contributed by atoms with E-state index in [1.807, 2.05) is 0 Å². The summed E-state index contributed by atoms with van der Waals surface area (Å²) in [6.45, 7) is 4.07. The number of hydrogen-bond donors (Lipinski definition) is 0. The quantitative estimate of drug-likeness (QED) is 0.488. The summed E-state index contributed by atoms with van der Waals surface area (Å²) >= 11 is 0. The molecular weight excluding hydrogens is 279 g/mol. The number of rotatable bonds is 10. The summed E-state index contributed by atoms with van der Waals surface area (Å²) in [5.74, 6) is -0.853. The second-order valence-electron chi connectivity index (χ2n) is 4.31. The molecule has 0 radical (unpaired) electrons. The van der Waals surface area contributed by atoms with Crippen LogP contribution in [0.25, 0.3) is 0 Å². The summed E-state index contributed by atoms with van der Waals surface area (Å²) in [6.07, 6.45) is 0. The van der Waals surface area contributed by atoms with Gasteiger partial charge in [-0.05, 0) is 30.7 Å². The Bertz CT molecular complexity index is 436. The first-order chi connectivity index (χ1) is 10.1. The lowest BCUT2D eigenvalue weighted by atomic mass is 10.1. The fourth-order valence-electron chi connectivity index (χ4n) is 1.59. The van der Waals surface area contributed by atoms with Gasteiger partial charge in [0.15, 0.2) is 0 Å². The van der Waals surface area contributed by atoms with Crippen LogP contribution in [0, 0.1) is 12.7 Å². The van der Waals surface area contributed by atoms with Gasteiger partial charge in [-0.2, -0.15) is 0 Å². The first kappa shape index (κ1) is 17.6. The van der Waals surface area contributed by atoms with Crippen LogP contribution < -0.4 is 0 Å². The van der Waals surface area contributed by atoms with Crippen LogP contribution in [0.4, 0.5) is 4.39 Å². The van der Waals surface area contributed by atoms with Crippen molar-refractivity contribution >= 4 is 5.97 Å². The van der Waals surface area contributed by atoms with E-state index in [-0.39, 0.29) is 12.4 Å². The smallest absolute Gasteiger partial charge is 0.338 e. The molecule has 0 spiro atoms. The van der Waals surface area contributed by atoms with E-state index >= 15 is 0 Å². The van der Waals surface area contributed by atoms with Crippen molar-refractivity contribution in [3.05, 3.63) is 35.1 Å². The number of carbonyl (C=O) groups excluding carboxylic acids is 1. The molecule has 1 aromatic carbocycles. The number of halogens is 1. The van der Waals surface area contributed by atoms with E-state index < -0.39 is 5.97 Å². The summed E-state index contributed by atoms with van der Waals surface area (Å²) < 4.78 is 33.2. The van der Waals surface area contributed by atoms with Gasteiger partial charge in [-0.15, -0.1) is 0 Å². The topological polar surface area (TPSA) is 54.0 Å². The van der Waals surface area contributed by atoms with Crippen LogP contribution in [0.1, 0.15) is 15.9 Å². The fraction of sp³-hybridized carbons (Fsp3) is 0.533. The molecule has 6 heteroatoms. The fourth-order valence-corrected chi connectivity index (χ4v) is 1.59. The Morgan fingerprint density at radius 3 is 2.29 bits per heavy atom. The summed E-state index contributed by atoms with van der Waals surface area (Å²) in [4.78, 5) is 11.7. The number of aryl methyl sites for hydroxylation is 1.